The predicted octanol–water partition coefficient (Wildman–Crippen LogP) is -1.39. The van der Waals surface area contributed by atoms with Crippen molar-refractivity contribution in [3.63, 3.8) is 0 Å². The molecule has 0 aliphatic heterocycles. The van der Waals surface area contributed by atoms with Gasteiger partial charge in [0, 0.05) is 6.42 Å². The summed E-state index contributed by atoms with van der Waals surface area (Å²) in [6.07, 6.45) is 0.186. The average molecular weight is 272 g/mol. The largest absolute Gasteiger partial charge is 0.361 e. The summed E-state index contributed by atoms with van der Waals surface area (Å²) in [6, 6.07) is 0. The molecule has 0 saturated heterocycles. The summed E-state index contributed by atoms with van der Waals surface area (Å²) in [4.78, 5) is -2.14. The Balaban J connectivity index is 3.42. The van der Waals surface area contributed by atoms with Crippen molar-refractivity contribution in [1.82, 2.24) is 0 Å². The number of hydrogen-bond donors (Lipinski definition) is 4. The van der Waals surface area contributed by atoms with Gasteiger partial charge < -0.3 is 10.2 Å². The fourth-order valence-corrected chi connectivity index (χ4v) is 2.52. The minimum absolute atomic E-state index is 0.272. The fourth-order valence-electron chi connectivity index (χ4n) is 1.11. The van der Waals surface area contributed by atoms with E-state index in [4.69, 9.17) is 9.11 Å². The monoisotopic (exact) mass is 272 g/mol. The van der Waals surface area contributed by atoms with Crippen molar-refractivity contribution in [1.29, 1.82) is 0 Å². The van der Waals surface area contributed by atoms with Crippen molar-refractivity contribution >= 4 is 20.2 Å². The summed E-state index contributed by atoms with van der Waals surface area (Å²) >= 11 is 0. The second kappa shape index (κ2) is 3.61. The third kappa shape index (κ3) is 2.66. The minimum Gasteiger partial charge on any atom is -0.361 e. The summed E-state index contributed by atoms with van der Waals surface area (Å²) in [5.41, 5.74) is 0. The molecule has 0 aromatic heterocycles. The molecule has 8 nitrogen and oxygen atoms in total. The number of aliphatic hydroxyl groups is 2. The van der Waals surface area contributed by atoms with Crippen LogP contribution in [0.4, 0.5) is 0 Å². The van der Waals surface area contributed by atoms with Crippen LogP contribution in [-0.4, -0.2) is 41.9 Å². The van der Waals surface area contributed by atoms with Crippen molar-refractivity contribution in [2.45, 2.75) is 12.2 Å². The van der Waals surface area contributed by atoms with E-state index in [1.54, 1.807) is 0 Å². The molecule has 0 aromatic carbocycles. The molecule has 0 aromatic rings. The van der Waals surface area contributed by atoms with Gasteiger partial charge in [0.25, 0.3) is 20.2 Å². The predicted molar refractivity (Wildman–Crippen MR) is 51.0 cm³/mol. The molecular weight excluding hydrogens is 264 g/mol. The Morgan fingerprint density at radius 3 is 1.94 bits per heavy atom. The third-order valence-corrected chi connectivity index (χ3v) is 3.71. The lowest BCUT2D eigenvalue weighted by Crippen LogP contribution is -2.36. The number of rotatable bonds is 2. The van der Waals surface area contributed by atoms with Gasteiger partial charge in [0.1, 0.15) is 4.91 Å². The normalized spacial score (nSPS) is 21.2. The van der Waals surface area contributed by atoms with Gasteiger partial charge in [0.15, 0.2) is 0 Å². The van der Waals surface area contributed by atoms with Crippen molar-refractivity contribution in [2.75, 3.05) is 0 Å². The van der Waals surface area contributed by atoms with Crippen LogP contribution in [0, 0.1) is 0 Å². The summed E-state index contributed by atoms with van der Waals surface area (Å²) in [5.74, 6) is -2.90. The second-order valence-electron chi connectivity index (χ2n) is 3.09. The first-order chi connectivity index (χ1) is 6.94. The van der Waals surface area contributed by atoms with Gasteiger partial charge in [0.2, 0.25) is 5.79 Å². The fraction of sp³-hybridized carbons (Fsp3) is 0.333. The lowest BCUT2D eigenvalue weighted by molar-refractivity contribution is -0.119. The molecule has 0 saturated carbocycles. The van der Waals surface area contributed by atoms with Crippen LogP contribution in [-0.2, 0) is 20.2 Å². The summed E-state index contributed by atoms with van der Waals surface area (Å²) < 4.78 is 60.1. The average Bonchev–Trinajstić information content (AvgIpc) is 1.98. The lowest BCUT2D eigenvalue weighted by atomic mass is 10.1. The summed E-state index contributed by atoms with van der Waals surface area (Å²) in [5, 5.41) is 18.4. The molecule has 92 valence electrons. The molecule has 0 fully saturated rings. The van der Waals surface area contributed by atoms with Crippen LogP contribution in [0.15, 0.2) is 22.0 Å². The topological polar surface area (TPSA) is 149 Å². The lowest BCUT2D eigenvalue weighted by Gasteiger charge is -2.24. The molecule has 1 aliphatic rings. The van der Waals surface area contributed by atoms with Gasteiger partial charge in [-0.25, -0.2) is 0 Å². The Kier molecular flexibility index (Phi) is 3.00. The van der Waals surface area contributed by atoms with Gasteiger partial charge in [0.05, 0.1) is 4.91 Å². The van der Waals surface area contributed by atoms with Gasteiger partial charge in [-0.05, 0) is 6.08 Å². The molecule has 0 radical (unpaired) electrons. The summed E-state index contributed by atoms with van der Waals surface area (Å²) in [6.45, 7) is 0. The van der Waals surface area contributed by atoms with Crippen molar-refractivity contribution in [2.24, 2.45) is 0 Å². The van der Waals surface area contributed by atoms with E-state index in [1.807, 2.05) is 0 Å². The van der Waals surface area contributed by atoms with Crippen LogP contribution in [0.1, 0.15) is 6.42 Å². The third-order valence-electron chi connectivity index (χ3n) is 1.83. The molecule has 1 aliphatic carbocycles. The maximum Gasteiger partial charge on any atom is 0.296 e. The van der Waals surface area contributed by atoms with E-state index in [0.29, 0.717) is 6.08 Å². The first-order valence-corrected chi connectivity index (χ1v) is 6.65. The van der Waals surface area contributed by atoms with Gasteiger partial charge >= 0.3 is 0 Å². The Labute approximate surface area is 91.0 Å². The van der Waals surface area contributed by atoms with Crippen LogP contribution in [0.5, 0.6) is 0 Å². The number of hydrogen-bond acceptors (Lipinski definition) is 6. The minimum atomic E-state index is -4.98. The van der Waals surface area contributed by atoms with E-state index in [2.05, 4.69) is 0 Å². The molecule has 4 N–H and O–H groups in total. The molecule has 0 amide bonds. The summed E-state index contributed by atoms with van der Waals surface area (Å²) in [7, 11) is -9.66. The van der Waals surface area contributed by atoms with Gasteiger partial charge in [-0.2, -0.15) is 16.8 Å². The zero-order valence-electron chi connectivity index (χ0n) is 7.60. The van der Waals surface area contributed by atoms with Crippen LogP contribution < -0.4 is 0 Å². The van der Waals surface area contributed by atoms with Gasteiger partial charge in [-0.1, -0.05) is 6.08 Å². The molecule has 0 bridgehead atoms. The highest BCUT2D eigenvalue weighted by Crippen LogP contribution is 2.30. The number of allylic oxidation sites excluding steroid dienone is 1. The van der Waals surface area contributed by atoms with E-state index in [0.717, 1.165) is 0 Å². The van der Waals surface area contributed by atoms with E-state index in [-0.39, 0.29) is 6.08 Å². The maximum absolute atomic E-state index is 10.7. The zero-order chi connectivity index (χ0) is 12.8. The van der Waals surface area contributed by atoms with Crippen LogP contribution in [0.2, 0.25) is 0 Å². The highest BCUT2D eigenvalue weighted by molar-refractivity contribution is 7.91. The standard InChI is InChI=1S/C6H8O8S2/c7-6(8)2-1-4(15(9,10)11)3-5(6)16(12,13)14/h1,3,7-8H,2H2,(H,9,10,11)(H,12,13,14). The van der Waals surface area contributed by atoms with Crippen LogP contribution in [0.25, 0.3) is 0 Å². The van der Waals surface area contributed by atoms with Gasteiger partial charge in [-0.15, -0.1) is 0 Å². The molecule has 1 rings (SSSR count). The Morgan fingerprint density at radius 1 is 1.06 bits per heavy atom. The SMILES string of the molecule is O=S(=O)(O)C1=CCC(O)(O)C(S(=O)(=O)O)=C1. The van der Waals surface area contributed by atoms with E-state index in [1.165, 1.54) is 0 Å². The zero-order valence-corrected chi connectivity index (χ0v) is 9.23. The van der Waals surface area contributed by atoms with Crippen molar-refractivity contribution in [3.8, 4) is 0 Å². The maximum atomic E-state index is 10.7. The Hall–Kier alpha value is -0.780. The Morgan fingerprint density at radius 2 is 1.56 bits per heavy atom. The van der Waals surface area contributed by atoms with Crippen molar-refractivity contribution in [3.05, 3.63) is 22.0 Å². The van der Waals surface area contributed by atoms with E-state index >= 15 is 0 Å². The quantitative estimate of drug-likeness (QED) is 0.354. The van der Waals surface area contributed by atoms with Crippen LogP contribution >= 0.6 is 0 Å². The molecular formula is C6H8O8S2. The smallest absolute Gasteiger partial charge is 0.296 e. The Bertz CT molecular complexity index is 562. The van der Waals surface area contributed by atoms with Gasteiger partial charge in [-0.3, -0.25) is 9.11 Å². The highest BCUT2D eigenvalue weighted by Gasteiger charge is 2.40. The second-order valence-corrected chi connectivity index (χ2v) is 5.90. The molecule has 0 atom stereocenters. The highest BCUT2D eigenvalue weighted by atomic mass is 32.2. The molecule has 10 heteroatoms. The molecule has 0 heterocycles. The van der Waals surface area contributed by atoms with E-state index < -0.39 is 42.3 Å². The van der Waals surface area contributed by atoms with Crippen LogP contribution in [0.3, 0.4) is 0 Å². The first kappa shape index (κ1) is 13.3. The molecule has 16 heavy (non-hydrogen) atoms. The first-order valence-electron chi connectivity index (χ1n) is 3.77. The molecule has 0 spiro atoms. The molecule has 0 unspecified atom stereocenters. The van der Waals surface area contributed by atoms with Crippen molar-refractivity contribution < 1.29 is 36.2 Å². The van der Waals surface area contributed by atoms with E-state index in [9.17, 15) is 27.0 Å².